The van der Waals surface area contributed by atoms with Crippen LogP contribution in [0.1, 0.15) is 10.4 Å². The van der Waals surface area contributed by atoms with E-state index in [1.54, 1.807) is 23.1 Å². The van der Waals surface area contributed by atoms with E-state index in [4.69, 9.17) is 0 Å². The van der Waals surface area contributed by atoms with Gasteiger partial charge in [-0.05, 0) is 60.7 Å². The Bertz CT molecular complexity index is 1010. The third kappa shape index (κ3) is 4.01. The van der Waals surface area contributed by atoms with Gasteiger partial charge in [-0.25, -0.2) is 9.67 Å². The van der Waals surface area contributed by atoms with Crippen LogP contribution in [0.5, 0.6) is 0 Å². The van der Waals surface area contributed by atoms with Crippen LogP contribution in [0, 0.1) is 0 Å². The Morgan fingerprint density at radius 3 is 2.11 bits per heavy atom. The summed E-state index contributed by atoms with van der Waals surface area (Å²) in [5, 5.41) is 10.3. The molecule has 0 saturated carbocycles. The van der Waals surface area contributed by atoms with Crippen LogP contribution >= 0.6 is 0 Å². The summed E-state index contributed by atoms with van der Waals surface area (Å²) < 4.78 is 1.64. The van der Waals surface area contributed by atoms with Crippen molar-refractivity contribution < 1.29 is 4.79 Å². The van der Waals surface area contributed by atoms with Crippen molar-refractivity contribution in [2.24, 2.45) is 0 Å². The number of para-hydroxylation sites is 1. The summed E-state index contributed by atoms with van der Waals surface area (Å²) in [7, 11) is 0. The van der Waals surface area contributed by atoms with Crippen LogP contribution in [-0.4, -0.2) is 20.7 Å². The van der Waals surface area contributed by atoms with E-state index in [9.17, 15) is 4.79 Å². The van der Waals surface area contributed by atoms with E-state index < -0.39 is 0 Å². The number of hydrogen-bond donors (Lipinski definition) is 2. The van der Waals surface area contributed by atoms with Crippen LogP contribution in [-0.2, 0) is 0 Å². The minimum absolute atomic E-state index is 0.163. The fraction of sp³-hybridized carbons (Fsp3) is 0. The highest BCUT2D eigenvalue weighted by atomic mass is 16.1. The van der Waals surface area contributed by atoms with Crippen LogP contribution in [0.15, 0.2) is 91.5 Å². The molecule has 27 heavy (non-hydrogen) atoms. The van der Waals surface area contributed by atoms with Gasteiger partial charge in [0.1, 0.15) is 12.7 Å². The zero-order chi connectivity index (χ0) is 18.5. The molecule has 132 valence electrons. The van der Waals surface area contributed by atoms with Gasteiger partial charge >= 0.3 is 0 Å². The van der Waals surface area contributed by atoms with Gasteiger partial charge in [0, 0.05) is 22.6 Å². The van der Waals surface area contributed by atoms with Gasteiger partial charge in [-0.2, -0.15) is 5.10 Å². The normalized spacial score (nSPS) is 10.4. The molecule has 1 heterocycles. The maximum atomic E-state index is 12.4. The molecule has 4 aromatic rings. The smallest absolute Gasteiger partial charge is 0.255 e. The number of anilines is 3. The molecule has 1 amide bonds. The number of hydrogen-bond acceptors (Lipinski definition) is 4. The van der Waals surface area contributed by atoms with Crippen molar-refractivity contribution in [1.82, 2.24) is 14.8 Å². The molecule has 4 rings (SSSR count). The molecule has 0 aliphatic rings. The molecule has 0 spiro atoms. The molecule has 0 fully saturated rings. The Morgan fingerprint density at radius 1 is 0.778 bits per heavy atom. The van der Waals surface area contributed by atoms with E-state index in [2.05, 4.69) is 20.7 Å². The Balaban J connectivity index is 1.40. The van der Waals surface area contributed by atoms with Crippen molar-refractivity contribution in [3.63, 3.8) is 0 Å². The molecule has 0 aliphatic heterocycles. The average molecular weight is 355 g/mol. The zero-order valence-electron chi connectivity index (χ0n) is 14.4. The van der Waals surface area contributed by atoms with Gasteiger partial charge in [-0.15, -0.1) is 0 Å². The second-order valence-corrected chi connectivity index (χ2v) is 5.91. The molecule has 3 aromatic carbocycles. The van der Waals surface area contributed by atoms with Crippen LogP contribution in [0.4, 0.5) is 17.1 Å². The maximum absolute atomic E-state index is 12.4. The Morgan fingerprint density at radius 2 is 1.44 bits per heavy atom. The third-order valence-corrected chi connectivity index (χ3v) is 4.02. The van der Waals surface area contributed by atoms with Gasteiger partial charge in [-0.3, -0.25) is 4.79 Å². The standard InChI is InChI=1S/C21H17N5O/c27-21(16-6-12-20(13-7-16)26-15-22-14-23-26)25-19-10-8-18(9-11-19)24-17-4-2-1-3-5-17/h1-15,24H,(H,25,27). The summed E-state index contributed by atoms with van der Waals surface area (Å²) in [5.74, 6) is -0.163. The number of rotatable bonds is 5. The highest BCUT2D eigenvalue weighted by Crippen LogP contribution is 2.19. The van der Waals surface area contributed by atoms with Gasteiger partial charge in [-0.1, -0.05) is 18.2 Å². The van der Waals surface area contributed by atoms with Crippen LogP contribution in [0.2, 0.25) is 0 Å². The number of nitrogens with one attached hydrogen (secondary N) is 2. The van der Waals surface area contributed by atoms with Gasteiger partial charge in [0.05, 0.1) is 5.69 Å². The number of benzene rings is 3. The summed E-state index contributed by atoms with van der Waals surface area (Å²) in [6, 6.07) is 24.7. The minimum atomic E-state index is -0.163. The topological polar surface area (TPSA) is 71.8 Å². The minimum Gasteiger partial charge on any atom is -0.356 e. The van der Waals surface area contributed by atoms with Gasteiger partial charge in [0.15, 0.2) is 0 Å². The molecule has 2 N–H and O–H groups in total. The second-order valence-electron chi connectivity index (χ2n) is 5.91. The van der Waals surface area contributed by atoms with Crippen molar-refractivity contribution in [2.75, 3.05) is 10.6 Å². The van der Waals surface area contributed by atoms with Crippen LogP contribution in [0.3, 0.4) is 0 Å². The van der Waals surface area contributed by atoms with E-state index in [1.165, 1.54) is 6.33 Å². The zero-order valence-corrected chi connectivity index (χ0v) is 14.4. The number of amides is 1. The second kappa shape index (κ2) is 7.53. The molecule has 0 saturated heterocycles. The Labute approximate surface area is 156 Å². The quantitative estimate of drug-likeness (QED) is 0.561. The lowest BCUT2D eigenvalue weighted by Crippen LogP contribution is -2.12. The molecule has 6 nitrogen and oxygen atoms in total. The Kier molecular flexibility index (Phi) is 4.61. The molecule has 0 radical (unpaired) electrons. The molecule has 6 heteroatoms. The van der Waals surface area contributed by atoms with Gasteiger partial charge < -0.3 is 10.6 Å². The number of carbonyl (C=O) groups is 1. The molecule has 0 atom stereocenters. The first kappa shape index (κ1) is 16.5. The molecule has 0 unspecified atom stereocenters. The first-order valence-corrected chi connectivity index (χ1v) is 8.46. The lowest BCUT2D eigenvalue weighted by molar-refractivity contribution is 0.102. The molecule has 0 bridgehead atoms. The van der Waals surface area contributed by atoms with Crippen molar-refractivity contribution in [2.45, 2.75) is 0 Å². The van der Waals surface area contributed by atoms with Gasteiger partial charge in [0.2, 0.25) is 0 Å². The van der Waals surface area contributed by atoms with E-state index in [-0.39, 0.29) is 5.91 Å². The Hall–Kier alpha value is -3.93. The summed E-state index contributed by atoms with van der Waals surface area (Å²) in [4.78, 5) is 16.3. The predicted octanol–water partition coefficient (Wildman–Crippen LogP) is 4.26. The first-order chi connectivity index (χ1) is 13.3. The highest BCUT2D eigenvalue weighted by Gasteiger charge is 2.07. The highest BCUT2D eigenvalue weighted by molar-refractivity contribution is 6.04. The van der Waals surface area contributed by atoms with Crippen molar-refractivity contribution in [3.05, 3.63) is 97.1 Å². The van der Waals surface area contributed by atoms with E-state index in [0.29, 0.717) is 5.56 Å². The summed E-state index contributed by atoms with van der Waals surface area (Å²) in [6.07, 6.45) is 3.08. The maximum Gasteiger partial charge on any atom is 0.255 e. The first-order valence-electron chi connectivity index (χ1n) is 8.46. The third-order valence-electron chi connectivity index (χ3n) is 4.02. The predicted molar refractivity (Wildman–Crippen MR) is 105 cm³/mol. The number of aromatic nitrogens is 3. The van der Waals surface area contributed by atoms with E-state index in [0.717, 1.165) is 22.7 Å². The fourth-order valence-electron chi connectivity index (χ4n) is 2.64. The largest absolute Gasteiger partial charge is 0.356 e. The fourth-order valence-corrected chi connectivity index (χ4v) is 2.64. The van der Waals surface area contributed by atoms with Crippen molar-refractivity contribution in [3.8, 4) is 5.69 Å². The van der Waals surface area contributed by atoms with E-state index in [1.807, 2.05) is 66.7 Å². The lowest BCUT2D eigenvalue weighted by atomic mass is 10.2. The molecule has 1 aromatic heterocycles. The SMILES string of the molecule is O=C(Nc1ccc(Nc2ccccc2)cc1)c1ccc(-n2cncn2)cc1. The summed E-state index contributed by atoms with van der Waals surface area (Å²) in [5.41, 5.74) is 4.13. The summed E-state index contributed by atoms with van der Waals surface area (Å²) >= 11 is 0. The number of carbonyl (C=O) groups excluding carboxylic acids is 1. The van der Waals surface area contributed by atoms with Crippen molar-refractivity contribution >= 4 is 23.0 Å². The summed E-state index contributed by atoms with van der Waals surface area (Å²) in [6.45, 7) is 0. The monoisotopic (exact) mass is 355 g/mol. The average Bonchev–Trinajstić information content (AvgIpc) is 3.25. The molecule has 0 aliphatic carbocycles. The van der Waals surface area contributed by atoms with Crippen molar-refractivity contribution in [1.29, 1.82) is 0 Å². The molecular weight excluding hydrogens is 338 g/mol. The lowest BCUT2D eigenvalue weighted by Gasteiger charge is -2.09. The van der Waals surface area contributed by atoms with Crippen LogP contribution < -0.4 is 10.6 Å². The van der Waals surface area contributed by atoms with E-state index >= 15 is 0 Å². The van der Waals surface area contributed by atoms with Gasteiger partial charge in [0.25, 0.3) is 5.91 Å². The molecular formula is C21H17N5O. The van der Waals surface area contributed by atoms with Crippen LogP contribution in [0.25, 0.3) is 5.69 Å². The number of nitrogens with zero attached hydrogens (tertiary/aromatic N) is 3.